The number of hydrogen-bond donors (Lipinski definition) is 1. The molecule has 0 aromatic heterocycles. The molecule has 0 spiro atoms. The van der Waals surface area contributed by atoms with Gasteiger partial charge in [-0.15, -0.1) is 0 Å². The van der Waals surface area contributed by atoms with Crippen LogP contribution in [0.4, 0.5) is 0 Å². The Balaban J connectivity index is 4.11. The molecule has 78 valence electrons. The van der Waals surface area contributed by atoms with Crippen molar-refractivity contribution < 1.29 is 28.0 Å². The van der Waals surface area contributed by atoms with E-state index in [1.807, 2.05) is 0 Å². The summed E-state index contributed by atoms with van der Waals surface area (Å²) < 4.78 is 24.6. The number of aliphatic hydroxyl groups excluding tert-OH is 1. The third-order valence-electron chi connectivity index (χ3n) is 1.07. The average molecular weight is 212 g/mol. The van der Waals surface area contributed by atoms with E-state index < -0.39 is 13.8 Å². The monoisotopic (exact) mass is 212 g/mol. The van der Waals surface area contributed by atoms with E-state index >= 15 is 0 Å². The number of carbonyl (C=O) groups excluding carboxylic acids is 1. The minimum atomic E-state index is -3.80. The van der Waals surface area contributed by atoms with Crippen molar-refractivity contribution in [3.63, 3.8) is 0 Å². The molecule has 0 fully saturated rings. The van der Waals surface area contributed by atoms with Crippen molar-refractivity contribution in [3.05, 3.63) is 0 Å². The lowest BCUT2D eigenvalue weighted by molar-refractivity contribution is -0.135. The molecule has 0 aromatic carbocycles. The SMILES string of the molecule is CCC(=O)OP(=O)(OC)OCCO. The van der Waals surface area contributed by atoms with E-state index in [4.69, 9.17) is 5.11 Å². The van der Waals surface area contributed by atoms with E-state index in [2.05, 4.69) is 13.6 Å². The molecule has 0 aliphatic rings. The molecule has 0 aliphatic heterocycles. The number of phosphoric acid groups is 1. The first-order valence-electron chi connectivity index (χ1n) is 3.71. The highest BCUT2D eigenvalue weighted by atomic mass is 31.2. The van der Waals surface area contributed by atoms with Gasteiger partial charge in [-0.25, -0.2) is 4.57 Å². The maximum absolute atomic E-state index is 11.3. The van der Waals surface area contributed by atoms with Gasteiger partial charge < -0.3 is 9.63 Å². The first-order chi connectivity index (χ1) is 6.08. The lowest BCUT2D eigenvalue weighted by Gasteiger charge is -2.13. The molecular formula is C6H13O6P. The van der Waals surface area contributed by atoms with Crippen LogP contribution < -0.4 is 0 Å². The smallest absolute Gasteiger partial charge is 0.394 e. The van der Waals surface area contributed by atoms with Crippen molar-refractivity contribution in [1.82, 2.24) is 0 Å². The van der Waals surface area contributed by atoms with Crippen LogP contribution in [0.5, 0.6) is 0 Å². The second-order valence-electron chi connectivity index (χ2n) is 2.00. The minimum absolute atomic E-state index is 0.0792. The molecule has 13 heavy (non-hydrogen) atoms. The van der Waals surface area contributed by atoms with Crippen molar-refractivity contribution in [2.75, 3.05) is 20.3 Å². The largest absolute Gasteiger partial charge is 0.532 e. The quantitative estimate of drug-likeness (QED) is 0.652. The molecule has 0 saturated heterocycles. The van der Waals surface area contributed by atoms with Crippen LogP contribution in [-0.4, -0.2) is 31.4 Å². The molecule has 0 bridgehead atoms. The van der Waals surface area contributed by atoms with Gasteiger partial charge >= 0.3 is 13.8 Å². The minimum Gasteiger partial charge on any atom is -0.394 e. The summed E-state index contributed by atoms with van der Waals surface area (Å²) in [6.45, 7) is 1.02. The van der Waals surface area contributed by atoms with E-state index in [-0.39, 0.29) is 19.6 Å². The van der Waals surface area contributed by atoms with Gasteiger partial charge in [0.1, 0.15) is 0 Å². The van der Waals surface area contributed by atoms with Crippen LogP contribution >= 0.6 is 7.82 Å². The number of hydrogen-bond acceptors (Lipinski definition) is 6. The molecule has 6 nitrogen and oxygen atoms in total. The molecule has 1 unspecified atom stereocenters. The molecule has 7 heteroatoms. The molecule has 1 N–H and O–H groups in total. The second kappa shape index (κ2) is 6.10. The average Bonchev–Trinajstić information content (AvgIpc) is 2.14. The third-order valence-corrected chi connectivity index (χ3v) is 2.44. The first-order valence-corrected chi connectivity index (χ1v) is 5.17. The van der Waals surface area contributed by atoms with Crippen molar-refractivity contribution in [3.8, 4) is 0 Å². The Morgan fingerprint density at radius 2 is 2.15 bits per heavy atom. The van der Waals surface area contributed by atoms with Crippen LogP contribution in [0.3, 0.4) is 0 Å². The van der Waals surface area contributed by atoms with E-state index in [9.17, 15) is 9.36 Å². The molecular weight excluding hydrogens is 199 g/mol. The van der Waals surface area contributed by atoms with Gasteiger partial charge in [0.05, 0.1) is 13.2 Å². The topological polar surface area (TPSA) is 82.1 Å². The first kappa shape index (κ1) is 12.6. The number of rotatable bonds is 6. The number of aliphatic hydroxyl groups is 1. The standard InChI is InChI=1S/C6H13O6P/c1-3-6(8)12-13(9,10-2)11-5-4-7/h7H,3-5H2,1-2H3. The lowest BCUT2D eigenvalue weighted by atomic mass is 10.5. The fourth-order valence-corrected chi connectivity index (χ4v) is 1.37. The molecule has 0 radical (unpaired) electrons. The number of phosphoric ester groups is 1. The lowest BCUT2D eigenvalue weighted by Crippen LogP contribution is -2.06. The molecule has 0 aliphatic carbocycles. The van der Waals surface area contributed by atoms with Crippen LogP contribution in [0, 0.1) is 0 Å². The Morgan fingerprint density at radius 1 is 1.54 bits per heavy atom. The Bertz CT molecular complexity index is 203. The van der Waals surface area contributed by atoms with Crippen molar-refractivity contribution in [1.29, 1.82) is 0 Å². The summed E-state index contributed by atoms with van der Waals surface area (Å²) in [6.07, 6.45) is 0.0792. The highest BCUT2D eigenvalue weighted by molar-refractivity contribution is 7.49. The van der Waals surface area contributed by atoms with Crippen LogP contribution in [0.1, 0.15) is 13.3 Å². The second-order valence-corrected chi connectivity index (χ2v) is 3.70. The summed E-state index contributed by atoms with van der Waals surface area (Å²) in [5.74, 6) is -0.678. The van der Waals surface area contributed by atoms with Gasteiger partial charge in [-0.2, -0.15) is 0 Å². The van der Waals surface area contributed by atoms with E-state index in [0.717, 1.165) is 7.11 Å². The molecule has 0 rings (SSSR count). The zero-order valence-electron chi connectivity index (χ0n) is 7.56. The Hall–Kier alpha value is -0.420. The van der Waals surface area contributed by atoms with Crippen molar-refractivity contribution >= 4 is 13.8 Å². The summed E-state index contributed by atoms with van der Waals surface area (Å²) in [6, 6.07) is 0. The van der Waals surface area contributed by atoms with Crippen LogP contribution in [0.2, 0.25) is 0 Å². The maximum Gasteiger partial charge on any atom is 0.532 e. The predicted octanol–water partition coefficient (Wildman–Crippen LogP) is 0.703. The maximum atomic E-state index is 11.3. The Labute approximate surface area is 76.4 Å². The fourth-order valence-electron chi connectivity index (χ4n) is 0.458. The molecule has 0 saturated carbocycles. The Kier molecular flexibility index (Phi) is 5.90. The van der Waals surface area contributed by atoms with Crippen LogP contribution in [-0.2, 0) is 22.9 Å². The predicted molar refractivity (Wildman–Crippen MR) is 44.0 cm³/mol. The summed E-state index contributed by atoms with van der Waals surface area (Å²) in [4.78, 5) is 10.7. The molecule has 0 amide bonds. The van der Waals surface area contributed by atoms with Gasteiger partial charge in [0.25, 0.3) is 0 Å². The zero-order valence-corrected chi connectivity index (χ0v) is 8.45. The van der Waals surface area contributed by atoms with Crippen LogP contribution in [0.25, 0.3) is 0 Å². The Morgan fingerprint density at radius 3 is 2.54 bits per heavy atom. The van der Waals surface area contributed by atoms with Gasteiger partial charge in [-0.1, -0.05) is 6.92 Å². The highest BCUT2D eigenvalue weighted by Gasteiger charge is 2.28. The molecule has 0 heterocycles. The van der Waals surface area contributed by atoms with E-state index in [0.29, 0.717) is 0 Å². The van der Waals surface area contributed by atoms with Gasteiger partial charge in [0, 0.05) is 13.5 Å². The van der Waals surface area contributed by atoms with E-state index in [1.54, 1.807) is 6.92 Å². The van der Waals surface area contributed by atoms with Crippen molar-refractivity contribution in [2.24, 2.45) is 0 Å². The summed E-state index contributed by atoms with van der Waals surface area (Å²) in [5.41, 5.74) is 0. The summed E-state index contributed by atoms with van der Waals surface area (Å²) in [7, 11) is -2.70. The third kappa shape index (κ3) is 5.00. The van der Waals surface area contributed by atoms with Crippen molar-refractivity contribution in [2.45, 2.75) is 13.3 Å². The van der Waals surface area contributed by atoms with Gasteiger partial charge in [-0.05, 0) is 0 Å². The van der Waals surface area contributed by atoms with Gasteiger partial charge in [0.15, 0.2) is 0 Å². The van der Waals surface area contributed by atoms with E-state index in [1.165, 1.54) is 0 Å². The summed E-state index contributed by atoms with van der Waals surface area (Å²) >= 11 is 0. The summed E-state index contributed by atoms with van der Waals surface area (Å²) in [5, 5.41) is 8.37. The fraction of sp³-hybridized carbons (Fsp3) is 0.833. The van der Waals surface area contributed by atoms with Gasteiger partial charge in [-0.3, -0.25) is 13.8 Å². The zero-order chi connectivity index (χ0) is 10.3. The number of carbonyl (C=O) groups is 1. The van der Waals surface area contributed by atoms with Crippen LogP contribution in [0.15, 0.2) is 0 Å². The van der Waals surface area contributed by atoms with Gasteiger partial charge in [0.2, 0.25) is 0 Å². The highest BCUT2D eigenvalue weighted by Crippen LogP contribution is 2.48. The normalized spacial score (nSPS) is 15.0. The molecule has 1 atom stereocenters. The molecule has 0 aromatic rings.